The first-order valence-corrected chi connectivity index (χ1v) is 8.67. The Hall–Kier alpha value is -2.60. The van der Waals surface area contributed by atoms with Gasteiger partial charge in [0.15, 0.2) is 0 Å². The summed E-state index contributed by atoms with van der Waals surface area (Å²) in [7, 11) is -1.10. The molecule has 0 aliphatic heterocycles. The summed E-state index contributed by atoms with van der Waals surface area (Å²) in [6, 6.07) is 14.7. The molecule has 2 aromatic rings. The number of carbonyl (C=O) groups excluding carboxylic acids is 1. The summed E-state index contributed by atoms with van der Waals surface area (Å²) >= 11 is 0. The average Bonchev–Trinajstić information content (AvgIpc) is 2.59. The molecular formula is C18H19NO4S. The van der Waals surface area contributed by atoms with Crippen LogP contribution >= 0.6 is 0 Å². The number of hydrogen-bond acceptors (Lipinski definition) is 5. The van der Waals surface area contributed by atoms with E-state index in [9.17, 15) is 13.2 Å². The Morgan fingerprint density at radius 3 is 2.33 bits per heavy atom. The number of anilines is 1. The summed E-state index contributed by atoms with van der Waals surface area (Å²) in [4.78, 5) is 11.7. The van der Waals surface area contributed by atoms with Gasteiger partial charge in [-0.3, -0.25) is 0 Å². The number of ether oxygens (including phenoxy) is 1. The van der Waals surface area contributed by atoms with E-state index in [1.807, 2.05) is 30.3 Å². The number of hydrogen-bond donors (Lipinski definition) is 2. The zero-order valence-corrected chi connectivity index (χ0v) is 14.2. The normalized spacial score (nSPS) is 10.4. The van der Waals surface area contributed by atoms with Crippen molar-refractivity contribution in [2.75, 3.05) is 12.4 Å². The van der Waals surface area contributed by atoms with Gasteiger partial charge in [-0.1, -0.05) is 49.0 Å². The summed E-state index contributed by atoms with van der Waals surface area (Å²) in [5.74, 6) is -0.425. The lowest BCUT2D eigenvalue weighted by Crippen LogP contribution is -2.07. The SMILES string of the molecule is C=C(C(=O)OC)c1ccccc1NCc1ccc(C[SH](=O)=O)cc1. The van der Waals surface area contributed by atoms with Gasteiger partial charge in [0.25, 0.3) is 0 Å². The summed E-state index contributed by atoms with van der Waals surface area (Å²) in [6.07, 6.45) is 0. The van der Waals surface area contributed by atoms with Crippen LogP contribution in [-0.4, -0.2) is 21.5 Å². The van der Waals surface area contributed by atoms with E-state index in [2.05, 4.69) is 11.9 Å². The maximum Gasteiger partial charge on any atom is 0.337 e. The number of carbonyl (C=O) groups is 1. The van der Waals surface area contributed by atoms with Crippen LogP contribution in [0.15, 0.2) is 55.1 Å². The Bertz CT molecular complexity index is 802. The quantitative estimate of drug-likeness (QED) is 0.458. The predicted molar refractivity (Wildman–Crippen MR) is 95.3 cm³/mol. The van der Waals surface area contributed by atoms with Gasteiger partial charge in [-0.15, -0.1) is 0 Å². The highest BCUT2D eigenvalue weighted by molar-refractivity contribution is 7.71. The Labute approximate surface area is 142 Å². The molecule has 0 aliphatic rings. The van der Waals surface area contributed by atoms with Crippen molar-refractivity contribution in [2.45, 2.75) is 12.3 Å². The number of nitrogens with one attached hydrogen (secondary N) is 1. The molecule has 0 radical (unpaired) electrons. The average molecular weight is 345 g/mol. The summed E-state index contributed by atoms with van der Waals surface area (Å²) in [5, 5.41) is 3.26. The van der Waals surface area contributed by atoms with Crippen LogP contribution in [0.2, 0.25) is 0 Å². The molecule has 24 heavy (non-hydrogen) atoms. The summed E-state index contributed by atoms with van der Waals surface area (Å²) in [5.41, 5.74) is 3.51. The van der Waals surface area contributed by atoms with Gasteiger partial charge < -0.3 is 10.1 Å². The zero-order valence-electron chi connectivity index (χ0n) is 13.3. The van der Waals surface area contributed by atoms with E-state index in [0.717, 1.165) is 16.8 Å². The third kappa shape index (κ3) is 4.70. The summed E-state index contributed by atoms with van der Waals surface area (Å²) < 4.78 is 26.2. The monoisotopic (exact) mass is 345 g/mol. The summed E-state index contributed by atoms with van der Waals surface area (Å²) in [6.45, 7) is 4.32. The fourth-order valence-electron chi connectivity index (χ4n) is 2.24. The van der Waals surface area contributed by atoms with E-state index in [1.54, 1.807) is 18.2 Å². The van der Waals surface area contributed by atoms with Crippen molar-refractivity contribution in [3.05, 3.63) is 71.8 Å². The third-order valence-electron chi connectivity index (χ3n) is 3.50. The van der Waals surface area contributed by atoms with Crippen molar-refractivity contribution < 1.29 is 17.9 Å². The first-order chi connectivity index (χ1) is 11.5. The van der Waals surface area contributed by atoms with Crippen LogP contribution in [0, 0.1) is 0 Å². The third-order valence-corrected chi connectivity index (χ3v) is 4.12. The Kier molecular flexibility index (Phi) is 6.14. The highest BCUT2D eigenvalue weighted by Gasteiger charge is 2.13. The molecule has 0 aromatic heterocycles. The van der Waals surface area contributed by atoms with Crippen LogP contribution in [0.1, 0.15) is 16.7 Å². The number of thiol groups is 1. The minimum absolute atomic E-state index is 0.0465. The molecule has 0 amide bonds. The molecular weight excluding hydrogens is 326 g/mol. The highest BCUT2D eigenvalue weighted by Crippen LogP contribution is 2.24. The topological polar surface area (TPSA) is 72.5 Å². The van der Waals surface area contributed by atoms with Gasteiger partial charge in [-0.2, -0.15) is 0 Å². The van der Waals surface area contributed by atoms with Gasteiger partial charge >= 0.3 is 5.97 Å². The number of para-hydroxylation sites is 1. The highest BCUT2D eigenvalue weighted by atomic mass is 32.2. The number of methoxy groups -OCH3 is 1. The molecule has 0 saturated carbocycles. The molecule has 0 atom stereocenters. The van der Waals surface area contributed by atoms with Crippen molar-refractivity contribution in [1.29, 1.82) is 0 Å². The molecule has 5 nitrogen and oxygen atoms in total. The second-order valence-electron chi connectivity index (χ2n) is 5.18. The molecule has 2 rings (SSSR count). The molecule has 0 fully saturated rings. The smallest absolute Gasteiger partial charge is 0.337 e. The number of benzene rings is 2. The minimum Gasteiger partial charge on any atom is -0.465 e. The largest absolute Gasteiger partial charge is 0.465 e. The van der Waals surface area contributed by atoms with Crippen LogP contribution in [0.5, 0.6) is 0 Å². The Morgan fingerprint density at radius 1 is 1.08 bits per heavy atom. The molecule has 6 heteroatoms. The van der Waals surface area contributed by atoms with Crippen LogP contribution in [0.3, 0.4) is 0 Å². The first-order valence-electron chi connectivity index (χ1n) is 7.31. The van der Waals surface area contributed by atoms with Crippen molar-refractivity contribution in [3.63, 3.8) is 0 Å². The van der Waals surface area contributed by atoms with Gasteiger partial charge in [-0.25, -0.2) is 13.2 Å². The fraction of sp³-hybridized carbons (Fsp3) is 0.167. The lowest BCUT2D eigenvalue weighted by Gasteiger charge is -2.13. The number of rotatable bonds is 7. The molecule has 2 aromatic carbocycles. The molecule has 0 bridgehead atoms. The van der Waals surface area contributed by atoms with Crippen molar-refractivity contribution in [2.24, 2.45) is 0 Å². The van der Waals surface area contributed by atoms with Gasteiger partial charge in [0.05, 0.1) is 18.4 Å². The second-order valence-corrected chi connectivity index (χ2v) is 6.16. The van der Waals surface area contributed by atoms with Crippen molar-refractivity contribution in [1.82, 2.24) is 0 Å². The standard InChI is InChI=1S/C18H19NO4S/c1-13(18(20)23-2)16-5-3-4-6-17(16)19-11-14-7-9-15(10-8-14)12-24(21)22/h3-10,19,24H,1,11-12H2,2H3. The van der Waals surface area contributed by atoms with Crippen LogP contribution in [0.4, 0.5) is 5.69 Å². The molecule has 1 N–H and O–H groups in total. The van der Waals surface area contributed by atoms with Crippen LogP contribution < -0.4 is 5.32 Å². The maximum atomic E-state index is 11.7. The molecule has 0 heterocycles. The van der Waals surface area contributed by atoms with Gasteiger partial charge in [0.2, 0.25) is 0 Å². The van der Waals surface area contributed by atoms with Crippen molar-refractivity contribution >= 4 is 27.9 Å². The van der Waals surface area contributed by atoms with E-state index in [-0.39, 0.29) is 11.3 Å². The molecule has 0 saturated heterocycles. The molecule has 126 valence electrons. The molecule has 0 spiro atoms. The van der Waals surface area contributed by atoms with E-state index < -0.39 is 16.7 Å². The first kappa shape index (κ1) is 17.7. The van der Waals surface area contributed by atoms with Crippen LogP contribution in [-0.2, 0) is 32.5 Å². The number of esters is 1. The van der Waals surface area contributed by atoms with E-state index in [0.29, 0.717) is 12.1 Å². The van der Waals surface area contributed by atoms with Crippen LogP contribution in [0.25, 0.3) is 5.57 Å². The predicted octanol–water partition coefficient (Wildman–Crippen LogP) is 2.60. The maximum absolute atomic E-state index is 11.7. The fourth-order valence-corrected chi connectivity index (χ4v) is 2.75. The van der Waals surface area contributed by atoms with Gasteiger partial charge in [-0.05, 0) is 17.2 Å². The van der Waals surface area contributed by atoms with E-state index in [1.165, 1.54) is 7.11 Å². The molecule has 0 aliphatic carbocycles. The minimum atomic E-state index is -2.42. The molecule has 0 unspecified atom stereocenters. The Balaban J connectivity index is 2.09. The van der Waals surface area contributed by atoms with Gasteiger partial charge in [0, 0.05) is 17.8 Å². The lowest BCUT2D eigenvalue weighted by atomic mass is 10.0. The van der Waals surface area contributed by atoms with E-state index in [4.69, 9.17) is 4.74 Å². The van der Waals surface area contributed by atoms with Gasteiger partial charge in [0.1, 0.15) is 10.7 Å². The van der Waals surface area contributed by atoms with Crippen molar-refractivity contribution in [3.8, 4) is 0 Å². The second kappa shape index (κ2) is 8.31. The Morgan fingerprint density at radius 2 is 1.71 bits per heavy atom. The lowest BCUT2D eigenvalue weighted by molar-refractivity contribution is -0.133. The zero-order chi connectivity index (χ0) is 17.5. The van der Waals surface area contributed by atoms with E-state index >= 15 is 0 Å².